The lowest BCUT2D eigenvalue weighted by Crippen LogP contribution is -2.44. The summed E-state index contributed by atoms with van der Waals surface area (Å²) >= 11 is 0. The molecule has 1 aromatic carbocycles. The van der Waals surface area contributed by atoms with Gasteiger partial charge in [-0.25, -0.2) is 0 Å². The normalized spacial score (nSPS) is 20.1. The first-order valence-corrected chi connectivity index (χ1v) is 6.72. The summed E-state index contributed by atoms with van der Waals surface area (Å²) in [6.45, 7) is 0.418. The number of likely N-dealkylation sites (N-methyl/N-ethyl adjacent to an activating group) is 1. The number of anilines is 1. The van der Waals surface area contributed by atoms with Crippen LogP contribution < -0.4 is 10.6 Å². The van der Waals surface area contributed by atoms with Gasteiger partial charge < -0.3 is 10.6 Å². The molecular formula is C15H18N2O2. The minimum Gasteiger partial charge on any atom is -0.329 e. The van der Waals surface area contributed by atoms with Crippen LogP contribution in [0.4, 0.5) is 5.69 Å². The lowest BCUT2D eigenvalue weighted by Gasteiger charge is -2.39. The number of Topliss-reactive ketones (excluding diaryl/α,β-unsaturated/α-hetero) is 1. The van der Waals surface area contributed by atoms with E-state index in [1.165, 1.54) is 0 Å². The van der Waals surface area contributed by atoms with E-state index in [9.17, 15) is 9.59 Å². The zero-order chi connectivity index (χ0) is 13.6. The van der Waals surface area contributed by atoms with E-state index in [4.69, 9.17) is 5.73 Å². The number of hydrogen-bond donors (Lipinski definition) is 1. The first kappa shape index (κ1) is 12.4. The highest BCUT2D eigenvalue weighted by Gasteiger charge is 2.43. The number of carbonyl (C=O) groups excluding carboxylic acids is 2. The molecule has 0 spiro atoms. The zero-order valence-electron chi connectivity index (χ0n) is 11.1. The molecule has 4 heteroatoms. The standard InChI is InChI=1S/C15H18N2O2/c1-17-12-4-3-10(7-11(12)8-13(17)18)14(19)15(9-16)5-2-6-15/h3-4,7H,2,5-6,8-9,16H2,1H3. The summed E-state index contributed by atoms with van der Waals surface area (Å²) in [5.41, 5.74) is 8.00. The van der Waals surface area contributed by atoms with E-state index in [0.717, 1.165) is 30.5 Å². The van der Waals surface area contributed by atoms with Gasteiger partial charge in [-0.3, -0.25) is 9.59 Å². The number of benzene rings is 1. The molecular weight excluding hydrogens is 240 g/mol. The Kier molecular flexibility index (Phi) is 2.71. The molecule has 1 amide bonds. The van der Waals surface area contributed by atoms with Gasteiger partial charge in [-0.2, -0.15) is 0 Å². The quantitative estimate of drug-likeness (QED) is 0.836. The zero-order valence-corrected chi connectivity index (χ0v) is 11.1. The van der Waals surface area contributed by atoms with Gasteiger partial charge in [-0.05, 0) is 36.6 Å². The van der Waals surface area contributed by atoms with Crippen molar-refractivity contribution >= 4 is 17.4 Å². The minimum absolute atomic E-state index is 0.0804. The second kappa shape index (κ2) is 4.17. The predicted octanol–water partition coefficient (Wildman–Crippen LogP) is 1.52. The van der Waals surface area contributed by atoms with Gasteiger partial charge in [0.2, 0.25) is 5.91 Å². The molecule has 0 saturated heterocycles. The smallest absolute Gasteiger partial charge is 0.231 e. The van der Waals surface area contributed by atoms with Crippen LogP contribution in [0.5, 0.6) is 0 Å². The maximum atomic E-state index is 12.6. The van der Waals surface area contributed by atoms with Crippen LogP contribution in [0.2, 0.25) is 0 Å². The van der Waals surface area contributed by atoms with E-state index in [2.05, 4.69) is 0 Å². The lowest BCUT2D eigenvalue weighted by atomic mass is 9.64. The third-order valence-electron chi connectivity index (χ3n) is 4.60. The fourth-order valence-corrected chi connectivity index (χ4v) is 3.05. The van der Waals surface area contributed by atoms with Crippen LogP contribution in [0.25, 0.3) is 0 Å². The number of fused-ring (bicyclic) bond motifs is 1. The van der Waals surface area contributed by atoms with Gasteiger partial charge in [0.15, 0.2) is 5.78 Å². The summed E-state index contributed by atoms with van der Waals surface area (Å²) in [6.07, 6.45) is 3.24. The molecule has 1 saturated carbocycles. The number of amides is 1. The maximum Gasteiger partial charge on any atom is 0.231 e. The molecule has 0 unspecified atom stereocenters. The van der Waals surface area contributed by atoms with E-state index in [1.807, 2.05) is 18.2 Å². The SMILES string of the molecule is CN1C(=O)Cc2cc(C(=O)C3(CN)CCC3)ccc21. The van der Waals surface area contributed by atoms with Crippen LogP contribution in [0, 0.1) is 5.41 Å². The summed E-state index contributed by atoms with van der Waals surface area (Å²) in [5, 5.41) is 0. The van der Waals surface area contributed by atoms with Gasteiger partial charge >= 0.3 is 0 Å². The Balaban J connectivity index is 1.94. The molecule has 2 aliphatic rings. The topological polar surface area (TPSA) is 63.4 Å². The largest absolute Gasteiger partial charge is 0.329 e. The van der Waals surface area contributed by atoms with E-state index >= 15 is 0 Å². The average molecular weight is 258 g/mol. The molecule has 1 fully saturated rings. The Morgan fingerprint density at radius 3 is 2.74 bits per heavy atom. The Bertz CT molecular complexity index is 556. The molecule has 1 heterocycles. The van der Waals surface area contributed by atoms with Crippen molar-refractivity contribution in [3.05, 3.63) is 29.3 Å². The van der Waals surface area contributed by atoms with Gasteiger partial charge in [-0.1, -0.05) is 6.42 Å². The highest BCUT2D eigenvalue weighted by Crippen LogP contribution is 2.43. The van der Waals surface area contributed by atoms with Crippen LogP contribution in [0.15, 0.2) is 18.2 Å². The number of rotatable bonds is 3. The molecule has 1 aliphatic heterocycles. The van der Waals surface area contributed by atoms with Gasteiger partial charge in [0, 0.05) is 30.3 Å². The van der Waals surface area contributed by atoms with Crippen molar-refractivity contribution in [2.45, 2.75) is 25.7 Å². The number of nitrogens with zero attached hydrogens (tertiary/aromatic N) is 1. The average Bonchev–Trinajstić information content (AvgIpc) is 2.64. The molecule has 0 bridgehead atoms. The maximum absolute atomic E-state index is 12.6. The molecule has 100 valence electrons. The van der Waals surface area contributed by atoms with E-state index in [0.29, 0.717) is 18.5 Å². The number of hydrogen-bond acceptors (Lipinski definition) is 3. The van der Waals surface area contributed by atoms with Gasteiger partial charge in [0.05, 0.1) is 6.42 Å². The van der Waals surface area contributed by atoms with Crippen molar-refractivity contribution in [3.8, 4) is 0 Å². The van der Waals surface area contributed by atoms with E-state index in [-0.39, 0.29) is 17.1 Å². The molecule has 2 N–H and O–H groups in total. The Morgan fingerprint density at radius 1 is 1.42 bits per heavy atom. The number of carbonyl (C=O) groups is 2. The van der Waals surface area contributed by atoms with Gasteiger partial charge in [0.25, 0.3) is 0 Å². The fraction of sp³-hybridized carbons (Fsp3) is 0.467. The van der Waals surface area contributed by atoms with Gasteiger partial charge in [0.1, 0.15) is 0 Å². The highest BCUT2D eigenvalue weighted by molar-refractivity contribution is 6.05. The molecule has 3 rings (SSSR count). The summed E-state index contributed by atoms with van der Waals surface area (Å²) in [4.78, 5) is 25.9. The van der Waals surface area contributed by atoms with Crippen molar-refractivity contribution in [2.75, 3.05) is 18.5 Å². The van der Waals surface area contributed by atoms with Crippen molar-refractivity contribution < 1.29 is 9.59 Å². The molecule has 0 atom stereocenters. The van der Waals surface area contributed by atoms with Crippen LogP contribution in [-0.4, -0.2) is 25.3 Å². The molecule has 0 aromatic heterocycles. The Labute approximate surface area is 112 Å². The highest BCUT2D eigenvalue weighted by atomic mass is 16.2. The third-order valence-corrected chi connectivity index (χ3v) is 4.60. The Morgan fingerprint density at radius 2 is 2.16 bits per heavy atom. The summed E-state index contributed by atoms with van der Waals surface area (Å²) in [5.74, 6) is 0.225. The second-order valence-corrected chi connectivity index (χ2v) is 5.64. The summed E-state index contributed by atoms with van der Waals surface area (Å²) in [6, 6.07) is 5.57. The van der Waals surface area contributed by atoms with E-state index in [1.54, 1.807) is 11.9 Å². The lowest BCUT2D eigenvalue weighted by molar-refractivity contribution is -0.117. The molecule has 19 heavy (non-hydrogen) atoms. The van der Waals surface area contributed by atoms with Crippen LogP contribution >= 0.6 is 0 Å². The Hall–Kier alpha value is -1.68. The van der Waals surface area contributed by atoms with Crippen molar-refractivity contribution in [1.29, 1.82) is 0 Å². The monoisotopic (exact) mass is 258 g/mol. The van der Waals surface area contributed by atoms with Crippen molar-refractivity contribution in [1.82, 2.24) is 0 Å². The number of ketones is 1. The minimum atomic E-state index is -0.344. The van der Waals surface area contributed by atoms with Crippen molar-refractivity contribution in [3.63, 3.8) is 0 Å². The van der Waals surface area contributed by atoms with Crippen molar-refractivity contribution in [2.24, 2.45) is 11.1 Å². The van der Waals surface area contributed by atoms with E-state index < -0.39 is 0 Å². The molecule has 1 aromatic rings. The number of nitrogens with two attached hydrogens (primary N) is 1. The van der Waals surface area contributed by atoms with Crippen LogP contribution in [0.1, 0.15) is 35.2 Å². The first-order valence-electron chi connectivity index (χ1n) is 6.72. The second-order valence-electron chi connectivity index (χ2n) is 5.64. The summed E-state index contributed by atoms with van der Waals surface area (Å²) in [7, 11) is 1.77. The summed E-state index contributed by atoms with van der Waals surface area (Å²) < 4.78 is 0. The third kappa shape index (κ3) is 1.70. The predicted molar refractivity (Wildman–Crippen MR) is 73.2 cm³/mol. The molecule has 1 aliphatic carbocycles. The van der Waals surface area contributed by atoms with Crippen LogP contribution in [0.3, 0.4) is 0 Å². The fourth-order valence-electron chi connectivity index (χ4n) is 3.05. The first-order chi connectivity index (χ1) is 9.07. The van der Waals surface area contributed by atoms with Gasteiger partial charge in [-0.15, -0.1) is 0 Å². The molecule has 4 nitrogen and oxygen atoms in total. The molecule has 0 radical (unpaired) electrons. The van der Waals surface area contributed by atoms with Crippen LogP contribution in [-0.2, 0) is 11.2 Å².